The molecular weight excluding hydrogens is 219 g/mol. The molecule has 3 rings (SSSR count). The van der Waals surface area contributed by atoms with Crippen LogP contribution in [0.2, 0.25) is 0 Å². The second-order valence-corrected chi connectivity index (χ2v) is 4.28. The lowest BCUT2D eigenvalue weighted by atomic mass is 9.75. The number of carbonyl (C=O) groups is 1. The van der Waals surface area contributed by atoms with E-state index in [2.05, 4.69) is 0 Å². The molecule has 70 valence electrons. The molecule has 13 heavy (non-hydrogen) atoms. The summed E-state index contributed by atoms with van der Waals surface area (Å²) in [5.74, 6) is -0.224. The molecule has 0 radical (unpaired) electrons. The number of rotatable bonds is 0. The average Bonchev–Trinajstić information content (AvgIpc) is 2.55. The number of fused-ring (bicyclic) bond motifs is 4. The molecule has 0 aromatic carbocycles. The van der Waals surface area contributed by atoms with Crippen LogP contribution in [0.5, 0.6) is 0 Å². The van der Waals surface area contributed by atoms with Crippen molar-refractivity contribution in [3.05, 3.63) is 12.3 Å². The first-order valence-corrected chi connectivity index (χ1v) is 4.45. The van der Waals surface area contributed by atoms with Crippen LogP contribution in [-0.2, 0) is 14.2 Å². The fourth-order valence-electron chi connectivity index (χ4n) is 1.89. The molecule has 1 aliphatic carbocycles. The predicted molar refractivity (Wildman–Crippen MR) is 42.2 cm³/mol. The zero-order valence-corrected chi connectivity index (χ0v) is 7.71. The van der Waals surface area contributed by atoms with Crippen molar-refractivity contribution in [3.63, 3.8) is 0 Å². The molecule has 1 saturated heterocycles. The highest BCUT2D eigenvalue weighted by Crippen LogP contribution is 2.64. The Kier molecular flexibility index (Phi) is 1.14. The highest BCUT2D eigenvalue weighted by Gasteiger charge is 2.83. The lowest BCUT2D eigenvalue weighted by Gasteiger charge is -2.49. The van der Waals surface area contributed by atoms with Crippen LogP contribution in [0.25, 0.3) is 0 Å². The minimum absolute atomic E-state index is 0.224. The lowest BCUT2D eigenvalue weighted by molar-refractivity contribution is -0.150. The van der Waals surface area contributed by atoms with E-state index in [0.29, 0.717) is 0 Å². The molecule has 2 fully saturated rings. The molecule has 0 unspecified atom stereocenters. The zero-order valence-electron chi connectivity index (χ0n) is 6.20. The maximum absolute atomic E-state index is 10.9. The van der Waals surface area contributed by atoms with E-state index in [1.165, 1.54) is 6.26 Å². The van der Waals surface area contributed by atoms with E-state index in [0.717, 1.165) is 0 Å². The van der Waals surface area contributed by atoms with E-state index >= 15 is 0 Å². The summed E-state index contributed by atoms with van der Waals surface area (Å²) in [6, 6.07) is 0. The molecule has 2 heterocycles. The molecule has 1 saturated carbocycles. The van der Waals surface area contributed by atoms with E-state index in [1.807, 2.05) is 0 Å². The van der Waals surface area contributed by atoms with Crippen LogP contribution in [0.15, 0.2) is 12.3 Å². The van der Waals surface area contributed by atoms with Gasteiger partial charge in [-0.05, 0) is 6.08 Å². The Bertz CT molecular complexity index is 330. The van der Waals surface area contributed by atoms with Gasteiger partial charge < -0.3 is 14.2 Å². The molecule has 6 heteroatoms. The number of ether oxygens (including phenoxy) is 3. The minimum Gasteiger partial charge on any atom is -0.492 e. The number of hydrogen-bond donors (Lipinski definition) is 0. The van der Waals surface area contributed by atoms with Crippen molar-refractivity contribution < 1.29 is 19.0 Å². The van der Waals surface area contributed by atoms with Gasteiger partial charge in [-0.3, -0.25) is 0 Å². The Hall–Kier alpha value is -0.610. The highest BCUT2D eigenvalue weighted by molar-refractivity contribution is 6.37. The smallest absolute Gasteiger partial charge is 0.492 e. The Morgan fingerprint density at radius 2 is 2.00 bits per heavy atom. The summed E-state index contributed by atoms with van der Waals surface area (Å²) >= 11 is 12.0. The van der Waals surface area contributed by atoms with Crippen molar-refractivity contribution in [1.82, 2.24) is 0 Å². The molecule has 0 amide bonds. The first kappa shape index (κ1) is 7.76. The largest absolute Gasteiger partial charge is 0.512 e. The molecule has 4 nitrogen and oxygen atoms in total. The normalized spacial score (nSPS) is 55.7. The van der Waals surface area contributed by atoms with Gasteiger partial charge >= 0.3 is 6.16 Å². The highest BCUT2D eigenvalue weighted by atomic mass is 35.5. The van der Waals surface area contributed by atoms with Crippen molar-refractivity contribution in [1.29, 1.82) is 0 Å². The van der Waals surface area contributed by atoms with Crippen LogP contribution in [0.1, 0.15) is 0 Å². The molecule has 0 aromatic heterocycles. The Balaban J connectivity index is 2.06. The number of alkyl halides is 2. The summed E-state index contributed by atoms with van der Waals surface area (Å²) in [7, 11) is 0. The number of halogens is 2. The van der Waals surface area contributed by atoms with Gasteiger partial charge in [-0.2, -0.15) is 0 Å². The quantitative estimate of drug-likeness (QED) is 0.461. The van der Waals surface area contributed by atoms with Crippen molar-refractivity contribution in [2.24, 2.45) is 5.92 Å². The second-order valence-electron chi connectivity index (χ2n) is 3.16. The third kappa shape index (κ3) is 0.616. The van der Waals surface area contributed by atoms with Gasteiger partial charge in [0.15, 0.2) is 6.10 Å². The van der Waals surface area contributed by atoms with Crippen molar-refractivity contribution >= 4 is 29.4 Å². The SMILES string of the molecule is O=C1O[C@@]2(Cl)[C@H]3OC=C[C@H]3[C@@]2(Cl)O1. The molecule has 0 spiro atoms. The van der Waals surface area contributed by atoms with Gasteiger partial charge in [0, 0.05) is 0 Å². The molecule has 2 aliphatic heterocycles. The zero-order chi connectivity index (χ0) is 9.27. The summed E-state index contributed by atoms with van der Waals surface area (Å²) in [6.07, 6.45) is 1.91. The summed E-state index contributed by atoms with van der Waals surface area (Å²) < 4.78 is 14.7. The van der Waals surface area contributed by atoms with Crippen LogP contribution in [0.3, 0.4) is 0 Å². The van der Waals surface area contributed by atoms with Crippen LogP contribution in [-0.4, -0.2) is 22.4 Å². The maximum atomic E-state index is 10.9. The fraction of sp³-hybridized carbons (Fsp3) is 0.571. The summed E-state index contributed by atoms with van der Waals surface area (Å²) in [5.41, 5.74) is 0. The van der Waals surface area contributed by atoms with E-state index in [9.17, 15) is 4.79 Å². The van der Waals surface area contributed by atoms with Crippen molar-refractivity contribution in [2.75, 3.05) is 0 Å². The maximum Gasteiger partial charge on any atom is 0.512 e. The van der Waals surface area contributed by atoms with Gasteiger partial charge in [0.1, 0.15) is 0 Å². The average molecular weight is 223 g/mol. The first-order valence-electron chi connectivity index (χ1n) is 3.70. The summed E-state index contributed by atoms with van der Waals surface area (Å²) in [6.45, 7) is 0. The molecule has 0 N–H and O–H groups in total. The van der Waals surface area contributed by atoms with Crippen LogP contribution in [0.4, 0.5) is 4.79 Å². The molecule has 0 aromatic rings. The van der Waals surface area contributed by atoms with E-state index in [-0.39, 0.29) is 5.92 Å². The Morgan fingerprint density at radius 1 is 1.31 bits per heavy atom. The monoisotopic (exact) mass is 222 g/mol. The summed E-state index contributed by atoms with van der Waals surface area (Å²) in [5, 5.41) is -2.68. The summed E-state index contributed by atoms with van der Waals surface area (Å²) in [4.78, 5) is 10.9. The van der Waals surface area contributed by atoms with Gasteiger partial charge in [0.05, 0.1) is 12.2 Å². The Labute approximate surface area is 83.3 Å². The van der Waals surface area contributed by atoms with Crippen molar-refractivity contribution in [2.45, 2.75) is 16.2 Å². The van der Waals surface area contributed by atoms with Crippen LogP contribution < -0.4 is 0 Å². The van der Waals surface area contributed by atoms with E-state index in [4.69, 9.17) is 37.4 Å². The van der Waals surface area contributed by atoms with Gasteiger partial charge in [-0.25, -0.2) is 4.79 Å². The van der Waals surface area contributed by atoms with E-state index < -0.39 is 22.4 Å². The van der Waals surface area contributed by atoms with E-state index in [1.54, 1.807) is 6.08 Å². The lowest BCUT2D eigenvalue weighted by Crippen LogP contribution is -2.70. The second kappa shape index (κ2) is 1.91. The number of hydrogen-bond acceptors (Lipinski definition) is 4. The molecule has 3 aliphatic rings. The van der Waals surface area contributed by atoms with Crippen LogP contribution in [0, 0.1) is 5.92 Å². The topological polar surface area (TPSA) is 44.8 Å². The molecule has 0 bridgehead atoms. The molecular formula is C7H4Cl2O4. The molecule has 4 atom stereocenters. The first-order chi connectivity index (χ1) is 6.08. The minimum atomic E-state index is -1.38. The fourth-order valence-corrected chi connectivity index (χ4v) is 2.70. The van der Waals surface area contributed by atoms with Gasteiger partial charge in [-0.15, -0.1) is 0 Å². The predicted octanol–water partition coefficient (Wildman–Crippen LogP) is 1.57. The third-order valence-electron chi connectivity index (χ3n) is 2.56. The number of carbonyl (C=O) groups excluding carboxylic acids is 1. The van der Waals surface area contributed by atoms with Gasteiger partial charge in [0.2, 0.25) is 0 Å². The Morgan fingerprint density at radius 3 is 2.77 bits per heavy atom. The standard InChI is InChI=1S/C7H4Cl2O4/c8-6-3-1-2-11-4(3)7(6,9)13-5(10)12-6/h1-4H/t3-,4+,6-,7+/m1/s1. The van der Waals surface area contributed by atoms with Crippen LogP contribution >= 0.6 is 23.2 Å². The van der Waals surface area contributed by atoms with Crippen molar-refractivity contribution in [3.8, 4) is 0 Å². The van der Waals surface area contributed by atoms with Gasteiger partial charge in [0.25, 0.3) is 10.1 Å². The third-order valence-corrected chi connectivity index (χ3v) is 3.84. The van der Waals surface area contributed by atoms with Gasteiger partial charge in [-0.1, -0.05) is 23.2 Å².